The normalized spacial score (nSPS) is 21.1. The number of hydrogen-bond acceptors (Lipinski definition) is 4. The fourth-order valence-corrected chi connectivity index (χ4v) is 3.45. The monoisotopic (exact) mass is 342 g/mol. The van der Waals surface area contributed by atoms with Gasteiger partial charge in [0.2, 0.25) is 5.76 Å². The molecule has 3 rings (SSSR count). The van der Waals surface area contributed by atoms with Gasteiger partial charge in [0.1, 0.15) is 5.69 Å². The van der Waals surface area contributed by atoms with Gasteiger partial charge in [-0.25, -0.2) is 0 Å². The van der Waals surface area contributed by atoms with Crippen LogP contribution in [0.15, 0.2) is 40.9 Å². The van der Waals surface area contributed by atoms with Crippen molar-refractivity contribution in [3.63, 3.8) is 0 Å². The summed E-state index contributed by atoms with van der Waals surface area (Å²) in [5.41, 5.74) is 1.65. The summed E-state index contributed by atoms with van der Waals surface area (Å²) >= 11 is 0. The lowest BCUT2D eigenvalue weighted by atomic mass is 9.78. The van der Waals surface area contributed by atoms with Gasteiger partial charge in [0.15, 0.2) is 0 Å². The first-order valence-corrected chi connectivity index (χ1v) is 8.87. The smallest absolute Gasteiger partial charge is 0.289 e. The number of benzene rings is 1. The van der Waals surface area contributed by atoms with Gasteiger partial charge in [-0.3, -0.25) is 4.79 Å². The Hall–Kier alpha value is -2.14. The molecule has 1 N–H and O–H groups in total. The van der Waals surface area contributed by atoms with Crippen LogP contribution in [-0.4, -0.2) is 30.3 Å². The zero-order chi connectivity index (χ0) is 17.9. The van der Waals surface area contributed by atoms with E-state index in [2.05, 4.69) is 31.2 Å². The van der Waals surface area contributed by atoms with Crippen molar-refractivity contribution in [3.8, 4) is 11.3 Å². The molecule has 2 atom stereocenters. The van der Waals surface area contributed by atoms with Crippen LogP contribution in [-0.2, 0) is 4.74 Å². The molecular weight excluding hydrogens is 316 g/mol. The number of aromatic nitrogens is 1. The van der Waals surface area contributed by atoms with Crippen LogP contribution in [0.2, 0.25) is 0 Å². The van der Waals surface area contributed by atoms with Crippen molar-refractivity contribution in [2.75, 3.05) is 13.2 Å². The van der Waals surface area contributed by atoms with Crippen LogP contribution in [0, 0.1) is 11.3 Å². The highest BCUT2D eigenvalue weighted by molar-refractivity contribution is 5.92. The van der Waals surface area contributed by atoms with Gasteiger partial charge in [-0.05, 0) is 18.3 Å². The Balaban J connectivity index is 1.62. The van der Waals surface area contributed by atoms with Gasteiger partial charge in [0, 0.05) is 30.7 Å². The van der Waals surface area contributed by atoms with E-state index in [4.69, 9.17) is 9.26 Å². The number of carbonyl (C=O) groups excluding carboxylic acids is 1. The molecule has 1 aromatic heterocycles. The molecular formula is C20H26N2O3. The van der Waals surface area contributed by atoms with Gasteiger partial charge in [0.05, 0.1) is 6.10 Å². The molecule has 1 aliphatic rings. The molecule has 1 aliphatic heterocycles. The average Bonchev–Trinajstić information content (AvgIpc) is 3.10. The molecule has 0 bridgehead atoms. The molecule has 0 radical (unpaired) electrons. The highest BCUT2D eigenvalue weighted by atomic mass is 16.5. The summed E-state index contributed by atoms with van der Waals surface area (Å²) in [4.78, 5) is 12.4. The van der Waals surface area contributed by atoms with Crippen molar-refractivity contribution >= 4 is 5.91 Å². The predicted octanol–water partition coefficient (Wildman–Crippen LogP) is 3.91. The molecule has 134 valence electrons. The molecule has 1 saturated heterocycles. The fraction of sp³-hybridized carbons (Fsp3) is 0.500. The van der Waals surface area contributed by atoms with Crippen LogP contribution in [0.3, 0.4) is 0 Å². The van der Waals surface area contributed by atoms with Crippen molar-refractivity contribution in [2.24, 2.45) is 11.3 Å². The summed E-state index contributed by atoms with van der Waals surface area (Å²) in [6.45, 7) is 7.93. The number of carbonyl (C=O) groups is 1. The van der Waals surface area contributed by atoms with Gasteiger partial charge in [-0.1, -0.05) is 56.3 Å². The molecule has 2 heterocycles. The molecule has 0 unspecified atom stereocenters. The minimum atomic E-state index is -0.229. The van der Waals surface area contributed by atoms with Crippen LogP contribution in [0.5, 0.6) is 0 Å². The number of ether oxygens (including phenoxy) is 1. The lowest BCUT2D eigenvalue weighted by Crippen LogP contribution is -2.45. The van der Waals surface area contributed by atoms with E-state index in [-0.39, 0.29) is 23.2 Å². The summed E-state index contributed by atoms with van der Waals surface area (Å²) in [6, 6.07) is 11.4. The summed E-state index contributed by atoms with van der Waals surface area (Å²) in [6.07, 6.45) is 2.25. The first-order valence-electron chi connectivity index (χ1n) is 8.87. The summed E-state index contributed by atoms with van der Waals surface area (Å²) < 4.78 is 11.2. The minimum Gasteiger partial charge on any atom is -0.377 e. The molecule has 1 amide bonds. The number of nitrogens with one attached hydrogen (secondary N) is 1. The summed E-state index contributed by atoms with van der Waals surface area (Å²) in [5.74, 6) is 0.324. The molecule has 0 aliphatic carbocycles. The van der Waals surface area contributed by atoms with Crippen molar-refractivity contribution in [3.05, 3.63) is 42.2 Å². The molecule has 0 spiro atoms. The Kier molecular flexibility index (Phi) is 5.23. The molecule has 5 nitrogen and oxygen atoms in total. The summed E-state index contributed by atoms with van der Waals surface area (Å²) in [5, 5.41) is 6.98. The van der Waals surface area contributed by atoms with E-state index in [0.717, 1.165) is 25.0 Å². The summed E-state index contributed by atoms with van der Waals surface area (Å²) in [7, 11) is 0. The molecule has 5 heteroatoms. The second-order valence-electron chi connectivity index (χ2n) is 7.71. The first kappa shape index (κ1) is 17.7. The SMILES string of the molecule is CC(C)(C)[C@H]1OCCC[C@@H]1CNC(=O)c1cc(-c2ccccc2)no1. The third-order valence-corrected chi connectivity index (χ3v) is 4.63. The number of hydrogen-bond donors (Lipinski definition) is 1. The van der Waals surface area contributed by atoms with Crippen LogP contribution < -0.4 is 5.32 Å². The molecule has 2 aromatic rings. The number of nitrogens with zero attached hydrogens (tertiary/aromatic N) is 1. The van der Waals surface area contributed by atoms with Crippen molar-refractivity contribution < 1.29 is 14.1 Å². The Morgan fingerprint density at radius 2 is 2.04 bits per heavy atom. The van der Waals surface area contributed by atoms with Gasteiger partial charge >= 0.3 is 0 Å². The van der Waals surface area contributed by atoms with Crippen LogP contribution in [0.1, 0.15) is 44.2 Å². The highest BCUT2D eigenvalue weighted by Gasteiger charge is 2.35. The molecule has 25 heavy (non-hydrogen) atoms. The fourth-order valence-electron chi connectivity index (χ4n) is 3.45. The van der Waals surface area contributed by atoms with Gasteiger partial charge in [-0.2, -0.15) is 0 Å². The van der Waals surface area contributed by atoms with E-state index in [9.17, 15) is 4.79 Å². The van der Waals surface area contributed by atoms with Crippen LogP contribution in [0.25, 0.3) is 11.3 Å². The maximum Gasteiger partial charge on any atom is 0.289 e. The topological polar surface area (TPSA) is 64.4 Å². The number of amides is 1. The number of rotatable bonds is 4. The van der Waals surface area contributed by atoms with E-state index in [1.807, 2.05) is 30.3 Å². The van der Waals surface area contributed by atoms with Crippen LogP contribution in [0.4, 0.5) is 0 Å². The van der Waals surface area contributed by atoms with Crippen LogP contribution >= 0.6 is 0 Å². The zero-order valence-electron chi connectivity index (χ0n) is 15.1. The lowest BCUT2D eigenvalue weighted by Gasteiger charge is -2.40. The Morgan fingerprint density at radius 3 is 2.76 bits per heavy atom. The predicted molar refractivity (Wildman–Crippen MR) is 96.2 cm³/mol. The van der Waals surface area contributed by atoms with E-state index in [1.165, 1.54) is 0 Å². The molecule has 1 aromatic carbocycles. The zero-order valence-corrected chi connectivity index (χ0v) is 15.1. The van der Waals surface area contributed by atoms with E-state index in [1.54, 1.807) is 6.07 Å². The highest BCUT2D eigenvalue weighted by Crippen LogP contribution is 2.33. The third-order valence-electron chi connectivity index (χ3n) is 4.63. The Bertz CT molecular complexity index is 703. The van der Waals surface area contributed by atoms with Crippen molar-refractivity contribution in [1.29, 1.82) is 0 Å². The standard InChI is InChI=1S/C20H26N2O3/c1-20(2,3)18-15(10-7-11-24-18)13-21-19(23)17-12-16(22-25-17)14-8-5-4-6-9-14/h4-6,8-9,12,15,18H,7,10-11,13H2,1-3H3,(H,21,23)/t15-,18+/m1/s1. The van der Waals surface area contributed by atoms with Gasteiger partial charge < -0.3 is 14.6 Å². The maximum atomic E-state index is 12.4. The van der Waals surface area contributed by atoms with E-state index in [0.29, 0.717) is 18.2 Å². The van der Waals surface area contributed by atoms with E-state index >= 15 is 0 Å². The third kappa shape index (κ3) is 4.28. The molecule has 1 fully saturated rings. The van der Waals surface area contributed by atoms with Gasteiger partial charge in [0.25, 0.3) is 5.91 Å². The Morgan fingerprint density at radius 1 is 1.28 bits per heavy atom. The van der Waals surface area contributed by atoms with Crippen molar-refractivity contribution in [2.45, 2.75) is 39.7 Å². The molecule has 0 saturated carbocycles. The maximum absolute atomic E-state index is 12.4. The van der Waals surface area contributed by atoms with Crippen molar-refractivity contribution in [1.82, 2.24) is 10.5 Å². The van der Waals surface area contributed by atoms with E-state index < -0.39 is 0 Å². The Labute approximate surface area is 148 Å². The first-order chi connectivity index (χ1) is 11.9. The quantitative estimate of drug-likeness (QED) is 0.915. The minimum absolute atomic E-state index is 0.0581. The van der Waals surface area contributed by atoms with Gasteiger partial charge in [-0.15, -0.1) is 0 Å². The lowest BCUT2D eigenvalue weighted by molar-refractivity contribution is -0.0839. The largest absolute Gasteiger partial charge is 0.377 e. The second-order valence-corrected chi connectivity index (χ2v) is 7.71. The second kappa shape index (κ2) is 7.40. The average molecular weight is 342 g/mol.